The lowest BCUT2D eigenvalue weighted by atomic mass is 10.1. The van der Waals surface area contributed by atoms with Crippen LogP contribution in [-0.4, -0.2) is 31.4 Å². The van der Waals surface area contributed by atoms with Gasteiger partial charge in [0, 0.05) is 23.9 Å². The molecule has 1 N–H and O–H groups in total. The van der Waals surface area contributed by atoms with Gasteiger partial charge in [-0.05, 0) is 63.6 Å². The molecule has 0 saturated carbocycles. The molecule has 0 bridgehead atoms. The molecule has 0 fully saturated rings. The van der Waals surface area contributed by atoms with Crippen molar-refractivity contribution in [1.82, 2.24) is 19.7 Å². The third kappa shape index (κ3) is 4.03. The van der Waals surface area contributed by atoms with Crippen LogP contribution in [-0.2, 0) is 11.8 Å². The Hall–Kier alpha value is -3.68. The van der Waals surface area contributed by atoms with Gasteiger partial charge in [0.1, 0.15) is 5.60 Å². The molecule has 2 aromatic carbocycles. The number of benzene rings is 2. The van der Waals surface area contributed by atoms with Crippen LogP contribution < -0.4 is 5.32 Å². The fourth-order valence-corrected chi connectivity index (χ4v) is 3.08. The number of carbonyl (C=O) groups is 1. The fourth-order valence-electron chi connectivity index (χ4n) is 3.08. The molecule has 0 spiro atoms. The van der Waals surface area contributed by atoms with E-state index in [0.29, 0.717) is 17.4 Å². The third-order valence-corrected chi connectivity index (χ3v) is 4.52. The van der Waals surface area contributed by atoms with Crippen molar-refractivity contribution in [2.24, 2.45) is 7.05 Å². The van der Waals surface area contributed by atoms with Gasteiger partial charge in [-0.1, -0.05) is 11.2 Å². The van der Waals surface area contributed by atoms with Gasteiger partial charge in [-0.3, -0.25) is 5.32 Å². The maximum Gasteiger partial charge on any atom is 0.412 e. The molecule has 0 aliphatic carbocycles. The predicted molar refractivity (Wildman–Crippen MR) is 114 cm³/mol. The number of aryl methyl sites for hydroxylation is 2. The molecule has 154 valence electrons. The highest BCUT2D eigenvalue weighted by molar-refractivity contribution is 5.86. The van der Waals surface area contributed by atoms with Gasteiger partial charge in [-0.2, -0.15) is 4.98 Å². The Morgan fingerprint density at radius 3 is 2.73 bits per heavy atom. The molecular formula is C22H23N5O3. The smallest absolute Gasteiger partial charge is 0.412 e. The maximum absolute atomic E-state index is 12.1. The van der Waals surface area contributed by atoms with E-state index in [0.717, 1.165) is 27.7 Å². The van der Waals surface area contributed by atoms with Gasteiger partial charge in [0.05, 0.1) is 17.4 Å². The molecule has 0 atom stereocenters. The van der Waals surface area contributed by atoms with Crippen LogP contribution in [0.4, 0.5) is 10.5 Å². The minimum atomic E-state index is -0.576. The molecule has 0 saturated heterocycles. The Morgan fingerprint density at radius 1 is 1.17 bits per heavy atom. The number of amides is 1. The lowest BCUT2D eigenvalue weighted by molar-refractivity contribution is 0.0636. The fraction of sp³-hybridized carbons (Fsp3) is 0.273. The number of aromatic nitrogens is 4. The number of fused-ring (bicyclic) bond motifs is 1. The molecule has 2 aromatic heterocycles. The van der Waals surface area contributed by atoms with E-state index in [9.17, 15) is 4.79 Å². The first-order valence-corrected chi connectivity index (χ1v) is 9.56. The van der Waals surface area contributed by atoms with E-state index in [-0.39, 0.29) is 0 Å². The summed E-state index contributed by atoms with van der Waals surface area (Å²) in [5.41, 5.74) is 4.39. The van der Waals surface area contributed by atoms with Crippen molar-refractivity contribution in [3.05, 3.63) is 48.3 Å². The number of hydrogen-bond acceptors (Lipinski definition) is 6. The van der Waals surface area contributed by atoms with Gasteiger partial charge in [-0.15, -0.1) is 0 Å². The zero-order valence-electron chi connectivity index (χ0n) is 17.6. The Balaban J connectivity index is 1.61. The van der Waals surface area contributed by atoms with Gasteiger partial charge in [-0.25, -0.2) is 9.78 Å². The molecule has 30 heavy (non-hydrogen) atoms. The quantitative estimate of drug-likeness (QED) is 0.518. The van der Waals surface area contributed by atoms with E-state index < -0.39 is 11.7 Å². The molecule has 8 heteroatoms. The second kappa shape index (κ2) is 7.29. The van der Waals surface area contributed by atoms with Crippen LogP contribution in [0.25, 0.3) is 33.9 Å². The Bertz CT molecular complexity index is 1230. The van der Waals surface area contributed by atoms with Gasteiger partial charge >= 0.3 is 6.09 Å². The summed E-state index contributed by atoms with van der Waals surface area (Å²) in [5.74, 6) is 0.846. The zero-order chi connectivity index (χ0) is 21.5. The summed E-state index contributed by atoms with van der Waals surface area (Å²) in [4.78, 5) is 21.0. The van der Waals surface area contributed by atoms with Crippen LogP contribution in [0.2, 0.25) is 0 Å². The second-order valence-electron chi connectivity index (χ2n) is 8.14. The van der Waals surface area contributed by atoms with Crippen molar-refractivity contribution < 1.29 is 14.1 Å². The number of ether oxygens (including phenoxy) is 1. The zero-order valence-corrected chi connectivity index (χ0v) is 17.6. The van der Waals surface area contributed by atoms with Crippen LogP contribution in [0.1, 0.15) is 26.3 Å². The lowest BCUT2D eigenvalue weighted by Crippen LogP contribution is -2.27. The van der Waals surface area contributed by atoms with Crippen LogP contribution >= 0.6 is 0 Å². The third-order valence-electron chi connectivity index (χ3n) is 4.52. The van der Waals surface area contributed by atoms with Crippen LogP contribution in [0, 0.1) is 6.92 Å². The Morgan fingerprint density at radius 2 is 1.97 bits per heavy atom. The highest BCUT2D eigenvalue weighted by Gasteiger charge is 2.18. The Labute approximate surface area is 173 Å². The monoisotopic (exact) mass is 405 g/mol. The summed E-state index contributed by atoms with van der Waals surface area (Å²) in [6.45, 7) is 7.39. The average molecular weight is 405 g/mol. The van der Waals surface area contributed by atoms with E-state index in [1.54, 1.807) is 18.5 Å². The standard InChI is InChI=1S/C22H23N5O3/c1-13-6-8-15(24-21(28)29-22(2,3)4)11-16(13)20-25-19(26-30-20)14-7-9-18-17(10-14)23-12-27(18)5/h6-12H,1-5H3,(H,24,28). The molecule has 0 aliphatic rings. The first kappa shape index (κ1) is 19.6. The summed E-state index contributed by atoms with van der Waals surface area (Å²) >= 11 is 0. The van der Waals surface area contributed by atoms with E-state index >= 15 is 0 Å². The van der Waals surface area contributed by atoms with E-state index in [1.165, 1.54) is 0 Å². The van der Waals surface area contributed by atoms with Gasteiger partial charge in [0.25, 0.3) is 5.89 Å². The number of anilines is 1. The van der Waals surface area contributed by atoms with Crippen molar-refractivity contribution in [2.75, 3.05) is 5.32 Å². The van der Waals surface area contributed by atoms with Crippen LogP contribution in [0.5, 0.6) is 0 Å². The van der Waals surface area contributed by atoms with E-state index in [2.05, 4.69) is 20.4 Å². The summed E-state index contributed by atoms with van der Waals surface area (Å²) in [5, 5.41) is 6.86. The minimum absolute atomic E-state index is 0.372. The molecular weight excluding hydrogens is 382 g/mol. The number of imidazole rings is 1. The SMILES string of the molecule is Cc1ccc(NC(=O)OC(C)(C)C)cc1-c1nc(-c2ccc3c(c2)ncn3C)no1. The average Bonchev–Trinajstić information content (AvgIpc) is 3.29. The van der Waals surface area contributed by atoms with Crippen LogP contribution in [0.3, 0.4) is 0 Å². The largest absolute Gasteiger partial charge is 0.444 e. The molecule has 2 heterocycles. The number of hydrogen-bond donors (Lipinski definition) is 1. The van der Waals surface area contributed by atoms with Crippen molar-refractivity contribution in [1.29, 1.82) is 0 Å². The van der Waals surface area contributed by atoms with Crippen molar-refractivity contribution in [3.8, 4) is 22.8 Å². The minimum Gasteiger partial charge on any atom is -0.444 e. The number of nitrogens with one attached hydrogen (secondary N) is 1. The molecule has 4 rings (SSSR count). The van der Waals surface area contributed by atoms with Crippen molar-refractivity contribution in [3.63, 3.8) is 0 Å². The summed E-state index contributed by atoms with van der Waals surface area (Å²) < 4.78 is 12.8. The highest BCUT2D eigenvalue weighted by Crippen LogP contribution is 2.28. The molecule has 1 amide bonds. The number of rotatable bonds is 3. The normalized spacial score (nSPS) is 11.6. The van der Waals surface area contributed by atoms with Crippen LogP contribution in [0.15, 0.2) is 47.2 Å². The first-order valence-electron chi connectivity index (χ1n) is 9.56. The van der Waals surface area contributed by atoms with Crippen molar-refractivity contribution >= 4 is 22.8 Å². The molecule has 0 unspecified atom stereocenters. The summed E-state index contributed by atoms with van der Waals surface area (Å²) in [6, 6.07) is 11.3. The van der Waals surface area contributed by atoms with Gasteiger partial charge in [0.2, 0.25) is 5.82 Å². The summed E-state index contributed by atoms with van der Waals surface area (Å²) in [7, 11) is 1.95. The molecule has 0 aliphatic heterocycles. The van der Waals surface area contributed by atoms with E-state index in [4.69, 9.17) is 9.26 Å². The van der Waals surface area contributed by atoms with Crippen molar-refractivity contribution in [2.45, 2.75) is 33.3 Å². The highest BCUT2D eigenvalue weighted by atomic mass is 16.6. The van der Waals surface area contributed by atoms with Gasteiger partial charge < -0.3 is 13.8 Å². The lowest BCUT2D eigenvalue weighted by Gasteiger charge is -2.19. The summed E-state index contributed by atoms with van der Waals surface area (Å²) in [6.07, 6.45) is 1.25. The van der Waals surface area contributed by atoms with Gasteiger partial charge in [0.15, 0.2) is 0 Å². The predicted octanol–water partition coefficient (Wildman–Crippen LogP) is 4.95. The molecule has 8 nitrogen and oxygen atoms in total. The maximum atomic E-state index is 12.1. The molecule has 0 radical (unpaired) electrons. The first-order chi connectivity index (χ1) is 14.2. The topological polar surface area (TPSA) is 95.1 Å². The van der Waals surface area contributed by atoms with E-state index in [1.807, 2.05) is 63.6 Å². The number of nitrogens with zero attached hydrogens (tertiary/aromatic N) is 4. The second-order valence-corrected chi connectivity index (χ2v) is 8.14. The molecule has 4 aromatic rings. The Kier molecular flexibility index (Phi) is 4.77. The number of carbonyl (C=O) groups excluding carboxylic acids is 1.